The number of carbonyl (C=O) groups excluding carboxylic acids is 1. The van der Waals surface area contributed by atoms with Crippen molar-refractivity contribution >= 4 is 17.3 Å². The van der Waals surface area contributed by atoms with Crippen LogP contribution in [0.3, 0.4) is 0 Å². The zero-order chi connectivity index (χ0) is 15.9. The lowest BCUT2D eigenvalue weighted by Crippen LogP contribution is -2.30. The molecule has 0 atom stereocenters. The fraction of sp³-hybridized carbons (Fsp3) is 0.278. The summed E-state index contributed by atoms with van der Waals surface area (Å²) in [6.07, 6.45) is 0.926. The summed E-state index contributed by atoms with van der Waals surface area (Å²) in [4.78, 5) is 11.9. The van der Waals surface area contributed by atoms with Crippen LogP contribution in [0.1, 0.15) is 29.8 Å². The molecule has 4 N–H and O–H groups in total. The molecule has 4 heteroatoms. The average Bonchev–Trinajstić information content (AvgIpc) is 2.49. The Morgan fingerprint density at radius 3 is 2.50 bits per heavy atom. The number of hydrogen-bond donors (Lipinski definition) is 3. The molecule has 1 amide bonds. The fourth-order valence-corrected chi connectivity index (χ4v) is 2.20. The average molecular weight is 297 g/mol. The highest BCUT2D eigenvalue weighted by atomic mass is 16.1. The van der Waals surface area contributed by atoms with Crippen molar-refractivity contribution < 1.29 is 4.79 Å². The van der Waals surface area contributed by atoms with E-state index in [2.05, 4.69) is 22.8 Å². The van der Waals surface area contributed by atoms with E-state index in [1.54, 1.807) is 12.1 Å². The maximum absolute atomic E-state index is 11.9. The zero-order valence-corrected chi connectivity index (χ0v) is 13.1. The van der Waals surface area contributed by atoms with Gasteiger partial charge in [0.1, 0.15) is 0 Å². The van der Waals surface area contributed by atoms with Crippen molar-refractivity contribution in [2.24, 2.45) is 0 Å². The lowest BCUT2D eigenvalue weighted by molar-refractivity contribution is 0.0943. The van der Waals surface area contributed by atoms with Crippen molar-refractivity contribution in [2.45, 2.75) is 26.3 Å². The number of hydrogen-bond acceptors (Lipinski definition) is 3. The SMILES string of the molecule is CC(C)NC(=O)c1ccc(NCCc2ccccc2)c(N)c1. The van der Waals surface area contributed by atoms with Gasteiger partial charge in [-0.3, -0.25) is 4.79 Å². The Kier molecular flexibility index (Phi) is 5.42. The molecule has 0 heterocycles. The van der Waals surface area contributed by atoms with Gasteiger partial charge in [0.25, 0.3) is 5.91 Å². The minimum Gasteiger partial charge on any atom is -0.397 e. The van der Waals surface area contributed by atoms with Gasteiger partial charge in [-0.15, -0.1) is 0 Å². The summed E-state index contributed by atoms with van der Waals surface area (Å²) in [6, 6.07) is 15.7. The first-order valence-corrected chi connectivity index (χ1v) is 7.54. The largest absolute Gasteiger partial charge is 0.397 e. The van der Waals surface area contributed by atoms with Crippen LogP contribution in [0.15, 0.2) is 48.5 Å². The van der Waals surface area contributed by atoms with Gasteiger partial charge in [-0.2, -0.15) is 0 Å². The third-order valence-corrected chi connectivity index (χ3v) is 3.31. The van der Waals surface area contributed by atoms with Gasteiger partial charge in [-0.05, 0) is 44.0 Å². The van der Waals surface area contributed by atoms with Crippen molar-refractivity contribution in [1.82, 2.24) is 5.32 Å². The van der Waals surface area contributed by atoms with Crippen molar-refractivity contribution in [2.75, 3.05) is 17.6 Å². The van der Waals surface area contributed by atoms with Crippen LogP contribution in [-0.4, -0.2) is 18.5 Å². The molecule has 2 rings (SSSR count). The molecule has 0 unspecified atom stereocenters. The Balaban J connectivity index is 1.94. The van der Waals surface area contributed by atoms with Crippen molar-refractivity contribution in [3.05, 3.63) is 59.7 Å². The molecule has 0 aliphatic rings. The molecule has 0 saturated carbocycles. The van der Waals surface area contributed by atoms with E-state index in [0.29, 0.717) is 11.3 Å². The van der Waals surface area contributed by atoms with Gasteiger partial charge < -0.3 is 16.4 Å². The van der Waals surface area contributed by atoms with Crippen LogP contribution in [-0.2, 0) is 6.42 Å². The zero-order valence-electron chi connectivity index (χ0n) is 13.1. The Morgan fingerprint density at radius 1 is 1.14 bits per heavy atom. The number of nitrogens with one attached hydrogen (secondary N) is 2. The number of anilines is 2. The van der Waals surface area contributed by atoms with Crippen LogP contribution in [0.5, 0.6) is 0 Å². The fourth-order valence-electron chi connectivity index (χ4n) is 2.20. The summed E-state index contributed by atoms with van der Waals surface area (Å²) in [6.45, 7) is 4.66. The molecule has 0 aliphatic carbocycles. The van der Waals surface area contributed by atoms with Crippen LogP contribution >= 0.6 is 0 Å². The number of rotatable bonds is 6. The molecule has 116 valence electrons. The van der Waals surface area contributed by atoms with Gasteiger partial charge in [0.2, 0.25) is 0 Å². The topological polar surface area (TPSA) is 67.2 Å². The van der Waals surface area contributed by atoms with Crippen LogP contribution in [0.4, 0.5) is 11.4 Å². The van der Waals surface area contributed by atoms with Gasteiger partial charge in [0.15, 0.2) is 0 Å². The molecule has 0 spiro atoms. The number of benzene rings is 2. The first kappa shape index (κ1) is 15.9. The predicted molar refractivity (Wildman–Crippen MR) is 92.1 cm³/mol. The van der Waals surface area contributed by atoms with Crippen LogP contribution in [0, 0.1) is 0 Å². The van der Waals surface area contributed by atoms with Crippen LogP contribution in [0.25, 0.3) is 0 Å². The van der Waals surface area contributed by atoms with E-state index in [9.17, 15) is 4.79 Å². The monoisotopic (exact) mass is 297 g/mol. The predicted octanol–water partition coefficient (Wildman–Crippen LogP) is 3.06. The molecule has 0 aliphatic heterocycles. The molecule has 0 saturated heterocycles. The summed E-state index contributed by atoms with van der Waals surface area (Å²) in [5.41, 5.74) is 9.34. The summed E-state index contributed by atoms with van der Waals surface area (Å²) >= 11 is 0. The second-order valence-corrected chi connectivity index (χ2v) is 5.59. The normalized spacial score (nSPS) is 10.5. The minimum atomic E-state index is -0.0995. The highest BCUT2D eigenvalue weighted by molar-refractivity contribution is 5.96. The van der Waals surface area contributed by atoms with Gasteiger partial charge in [0, 0.05) is 18.2 Å². The molecule has 4 nitrogen and oxygen atoms in total. The van der Waals surface area contributed by atoms with Crippen molar-refractivity contribution in [3.63, 3.8) is 0 Å². The molecule has 0 radical (unpaired) electrons. The number of carbonyl (C=O) groups is 1. The van der Waals surface area contributed by atoms with E-state index < -0.39 is 0 Å². The van der Waals surface area contributed by atoms with Crippen LogP contribution in [0.2, 0.25) is 0 Å². The summed E-state index contributed by atoms with van der Waals surface area (Å²) in [5.74, 6) is -0.0995. The molecule has 2 aromatic rings. The molecular weight excluding hydrogens is 274 g/mol. The first-order valence-electron chi connectivity index (χ1n) is 7.54. The maximum Gasteiger partial charge on any atom is 0.251 e. The van der Waals surface area contributed by atoms with Crippen molar-refractivity contribution in [1.29, 1.82) is 0 Å². The van der Waals surface area contributed by atoms with E-state index >= 15 is 0 Å². The van der Waals surface area contributed by atoms with E-state index in [-0.39, 0.29) is 11.9 Å². The van der Waals surface area contributed by atoms with Crippen molar-refractivity contribution in [3.8, 4) is 0 Å². The smallest absolute Gasteiger partial charge is 0.251 e. The Morgan fingerprint density at radius 2 is 1.86 bits per heavy atom. The van der Waals surface area contributed by atoms with Gasteiger partial charge in [-0.1, -0.05) is 30.3 Å². The molecule has 22 heavy (non-hydrogen) atoms. The maximum atomic E-state index is 11.9. The van der Waals surface area contributed by atoms with Gasteiger partial charge in [0.05, 0.1) is 11.4 Å². The summed E-state index contributed by atoms with van der Waals surface area (Å²) < 4.78 is 0. The Bertz CT molecular complexity index is 623. The molecule has 0 aromatic heterocycles. The summed E-state index contributed by atoms with van der Waals surface area (Å²) in [7, 11) is 0. The van der Waals surface area contributed by atoms with Crippen LogP contribution < -0.4 is 16.4 Å². The first-order chi connectivity index (χ1) is 10.6. The standard InChI is InChI=1S/C18H23N3O/c1-13(2)21-18(22)15-8-9-17(16(19)12-15)20-11-10-14-6-4-3-5-7-14/h3-9,12-13,20H,10-11,19H2,1-2H3,(H,21,22). The Labute approximate surface area is 131 Å². The quantitative estimate of drug-likeness (QED) is 0.718. The lowest BCUT2D eigenvalue weighted by Gasteiger charge is -2.12. The highest BCUT2D eigenvalue weighted by Crippen LogP contribution is 2.20. The number of nitrogens with two attached hydrogens (primary N) is 1. The lowest BCUT2D eigenvalue weighted by atomic mass is 10.1. The minimum absolute atomic E-state index is 0.0995. The Hall–Kier alpha value is -2.49. The molecular formula is C18H23N3O. The van der Waals surface area contributed by atoms with E-state index in [1.165, 1.54) is 5.56 Å². The second kappa shape index (κ2) is 7.50. The summed E-state index contributed by atoms with van der Waals surface area (Å²) in [5, 5.41) is 6.17. The number of amides is 1. The van der Waals surface area contributed by atoms with Gasteiger partial charge in [-0.25, -0.2) is 0 Å². The third kappa shape index (κ3) is 4.52. The van der Waals surface area contributed by atoms with E-state index in [1.807, 2.05) is 38.1 Å². The third-order valence-electron chi connectivity index (χ3n) is 3.31. The van der Waals surface area contributed by atoms with E-state index in [0.717, 1.165) is 18.7 Å². The number of nitrogen functional groups attached to an aromatic ring is 1. The second-order valence-electron chi connectivity index (χ2n) is 5.59. The highest BCUT2D eigenvalue weighted by Gasteiger charge is 2.09. The molecule has 2 aromatic carbocycles. The molecule has 0 fully saturated rings. The van der Waals surface area contributed by atoms with E-state index in [4.69, 9.17) is 5.73 Å². The molecule has 0 bridgehead atoms. The van der Waals surface area contributed by atoms with Gasteiger partial charge >= 0.3 is 0 Å².